The number of hydrogen-bond donors (Lipinski definition) is 2. The molecule has 3 nitrogen and oxygen atoms in total. The Morgan fingerprint density at radius 3 is 2.94 bits per heavy atom. The summed E-state index contributed by atoms with van der Waals surface area (Å²) in [6.45, 7) is 4.20. The average Bonchev–Trinajstić information content (AvgIpc) is 2.32. The van der Waals surface area contributed by atoms with Gasteiger partial charge in [-0.2, -0.15) is 0 Å². The number of benzene rings is 1. The Morgan fingerprint density at radius 2 is 2.24 bits per heavy atom. The fourth-order valence-electron chi connectivity index (χ4n) is 2.34. The van der Waals surface area contributed by atoms with E-state index in [2.05, 4.69) is 17.1 Å². The van der Waals surface area contributed by atoms with Crippen molar-refractivity contribution >= 4 is 17.3 Å². The number of hydrogen-bond acceptors (Lipinski definition) is 3. The largest absolute Gasteiger partial charge is 0.396 e. The third-order valence-electron chi connectivity index (χ3n) is 3.24. The van der Waals surface area contributed by atoms with Gasteiger partial charge in [-0.3, -0.25) is 0 Å². The van der Waals surface area contributed by atoms with E-state index in [1.807, 2.05) is 24.3 Å². The van der Waals surface area contributed by atoms with Crippen LogP contribution in [0.5, 0.6) is 0 Å². The highest BCUT2D eigenvalue weighted by Gasteiger charge is 2.26. The van der Waals surface area contributed by atoms with Crippen LogP contribution in [0.25, 0.3) is 0 Å². The smallest absolute Gasteiger partial charge is 0.0639 e. The van der Waals surface area contributed by atoms with E-state index in [1.165, 1.54) is 0 Å². The molecule has 4 heteroatoms. The number of piperazine rings is 1. The van der Waals surface area contributed by atoms with E-state index in [9.17, 15) is 0 Å². The molecule has 0 aromatic heterocycles. The summed E-state index contributed by atoms with van der Waals surface area (Å²) in [6, 6.07) is 8.67. The zero-order valence-corrected chi connectivity index (χ0v) is 10.8. The summed E-state index contributed by atoms with van der Waals surface area (Å²) in [5.41, 5.74) is 1.07. The van der Waals surface area contributed by atoms with Gasteiger partial charge in [0.1, 0.15) is 0 Å². The predicted octanol–water partition coefficient (Wildman–Crippen LogP) is 1.89. The number of nitrogens with zero attached hydrogens (tertiary/aromatic N) is 1. The van der Waals surface area contributed by atoms with Gasteiger partial charge in [0.05, 0.1) is 10.7 Å². The van der Waals surface area contributed by atoms with Crippen LogP contribution in [0.15, 0.2) is 24.3 Å². The van der Waals surface area contributed by atoms with Crippen molar-refractivity contribution in [3.8, 4) is 0 Å². The highest BCUT2D eigenvalue weighted by atomic mass is 35.5. The first kappa shape index (κ1) is 12.7. The standard InChI is InChI=1S/C13H19ClN2O/c1-10-9-16(11(6-7-17)8-15-10)13-5-3-2-4-12(13)14/h2-5,10-11,15,17H,6-9H2,1H3. The van der Waals surface area contributed by atoms with Gasteiger partial charge >= 0.3 is 0 Å². The van der Waals surface area contributed by atoms with E-state index >= 15 is 0 Å². The molecule has 1 saturated heterocycles. The molecule has 0 radical (unpaired) electrons. The van der Waals surface area contributed by atoms with Crippen LogP contribution >= 0.6 is 11.6 Å². The summed E-state index contributed by atoms with van der Waals surface area (Å²) in [7, 11) is 0. The minimum atomic E-state index is 0.210. The Hall–Kier alpha value is -0.770. The van der Waals surface area contributed by atoms with Crippen molar-refractivity contribution in [1.29, 1.82) is 0 Å². The molecular weight excluding hydrogens is 236 g/mol. The summed E-state index contributed by atoms with van der Waals surface area (Å²) in [5, 5.41) is 13.4. The molecule has 0 aliphatic carbocycles. The van der Waals surface area contributed by atoms with E-state index in [0.717, 1.165) is 30.2 Å². The molecular formula is C13H19ClN2O. The number of nitrogens with one attached hydrogen (secondary N) is 1. The van der Waals surface area contributed by atoms with Crippen molar-refractivity contribution < 1.29 is 5.11 Å². The highest BCUT2D eigenvalue weighted by molar-refractivity contribution is 6.33. The number of aliphatic hydroxyl groups is 1. The Bertz CT molecular complexity index is 372. The summed E-state index contributed by atoms with van der Waals surface area (Å²) in [5.74, 6) is 0. The average molecular weight is 255 g/mol. The van der Waals surface area contributed by atoms with E-state index < -0.39 is 0 Å². The summed E-state index contributed by atoms with van der Waals surface area (Å²) in [4.78, 5) is 2.31. The molecule has 94 valence electrons. The fourth-order valence-corrected chi connectivity index (χ4v) is 2.59. The molecule has 2 rings (SSSR count). The van der Waals surface area contributed by atoms with Crippen molar-refractivity contribution in [3.63, 3.8) is 0 Å². The van der Waals surface area contributed by atoms with Gasteiger partial charge in [0.15, 0.2) is 0 Å². The lowest BCUT2D eigenvalue weighted by atomic mass is 10.1. The van der Waals surface area contributed by atoms with Crippen molar-refractivity contribution in [2.45, 2.75) is 25.4 Å². The van der Waals surface area contributed by atoms with Crippen LogP contribution in [0.2, 0.25) is 5.02 Å². The maximum Gasteiger partial charge on any atom is 0.0639 e. The molecule has 1 aliphatic rings. The molecule has 0 amide bonds. The molecule has 2 unspecified atom stereocenters. The normalized spacial score (nSPS) is 25.0. The maximum atomic E-state index is 9.13. The molecule has 2 N–H and O–H groups in total. The van der Waals surface area contributed by atoms with Crippen LogP contribution in [0.4, 0.5) is 5.69 Å². The summed E-state index contributed by atoms with van der Waals surface area (Å²) < 4.78 is 0. The van der Waals surface area contributed by atoms with Crippen LogP contribution in [0, 0.1) is 0 Å². The zero-order chi connectivity index (χ0) is 12.3. The number of aliphatic hydroxyl groups excluding tert-OH is 1. The molecule has 0 saturated carbocycles. The first-order valence-corrected chi connectivity index (χ1v) is 6.45. The van der Waals surface area contributed by atoms with Crippen LogP contribution < -0.4 is 10.2 Å². The minimum Gasteiger partial charge on any atom is -0.396 e. The SMILES string of the molecule is CC1CN(c2ccccc2Cl)C(CCO)CN1. The Labute approximate surface area is 107 Å². The first-order valence-electron chi connectivity index (χ1n) is 6.07. The molecule has 1 fully saturated rings. The molecule has 1 aromatic carbocycles. The molecule has 0 spiro atoms. The number of para-hydroxylation sites is 1. The number of anilines is 1. The predicted molar refractivity (Wildman–Crippen MR) is 71.8 cm³/mol. The van der Waals surface area contributed by atoms with Gasteiger partial charge in [-0.1, -0.05) is 23.7 Å². The quantitative estimate of drug-likeness (QED) is 0.865. The van der Waals surface area contributed by atoms with Gasteiger partial charge in [0.25, 0.3) is 0 Å². The van der Waals surface area contributed by atoms with E-state index in [1.54, 1.807) is 0 Å². The lowest BCUT2D eigenvalue weighted by molar-refractivity contribution is 0.260. The molecule has 17 heavy (non-hydrogen) atoms. The van der Waals surface area contributed by atoms with E-state index in [4.69, 9.17) is 16.7 Å². The molecule has 2 atom stereocenters. The second kappa shape index (κ2) is 5.71. The van der Waals surface area contributed by atoms with Crippen molar-refractivity contribution in [2.75, 3.05) is 24.6 Å². The van der Waals surface area contributed by atoms with Crippen LogP contribution in [0.1, 0.15) is 13.3 Å². The Morgan fingerprint density at radius 1 is 1.47 bits per heavy atom. The van der Waals surface area contributed by atoms with Gasteiger partial charge in [-0.25, -0.2) is 0 Å². The van der Waals surface area contributed by atoms with Gasteiger partial charge in [-0.05, 0) is 25.5 Å². The summed E-state index contributed by atoms with van der Waals surface area (Å²) in [6.07, 6.45) is 0.769. The Balaban J connectivity index is 2.22. The van der Waals surface area contributed by atoms with Gasteiger partial charge in [0, 0.05) is 31.8 Å². The lowest BCUT2D eigenvalue weighted by Gasteiger charge is -2.41. The molecule has 1 aromatic rings. The van der Waals surface area contributed by atoms with Crippen LogP contribution in [0.3, 0.4) is 0 Å². The second-order valence-electron chi connectivity index (χ2n) is 4.58. The number of rotatable bonds is 3. The van der Waals surface area contributed by atoms with Crippen molar-refractivity contribution in [1.82, 2.24) is 5.32 Å². The lowest BCUT2D eigenvalue weighted by Crippen LogP contribution is -2.56. The monoisotopic (exact) mass is 254 g/mol. The second-order valence-corrected chi connectivity index (χ2v) is 4.99. The maximum absolute atomic E-state index is 9.13. The van der Waals surface area contributed by atoms with E-state index in [0.29, 0.717) is 12.1 Å². The Kier molecular flexibility index (Phi) is 4.26. The molecule has 0 bridgehead atoms. The molecule has 1 heterocycles. The minimum absolute atomic E-state index is 0.210. The van der Waals surface area contributed by atoms with Gasteiger partial charge in [-0.15, -0.1) is 0 Å². The third-order valence-corrected chi connectivity index (χ3v) is 3.56. The van der Waals surface area contributed by atoms with Crippen LogP contribution in [-0.2, 0) is 0 Å². The highest BCUT2D eigenvalue weighted by Crippen LogP contribution is 2.28. The summed E-state index contributed by atoms with van der Waals surface area (Å²) >= 11 is 6.25. The fraction of sp³-hybridized carbons (Fsp3) is 0.538. The topological polar surface area (TPSA) is 35.5 Å². The van der Waals surface area contributed by atoms with E-state index in [-0.39, 0.29) is 6.61 Å². The van der Waals surface area contributed by atoms with Gasteiger partial charge < -0.3 is 15.3 Å². The van der Waals surface area contributed by atoms with Gasteiger partial charge in [0.2, 0.25) is 0 Å². The van der Waals surface area contributed by atoms with Crippen molar-refractivity contribution in [3.05, 3.63) is 29.3 Å². The number of halogens is 1. The van der Waals surface area contributed by atoms with Crippen molar-refractivity contribution in [2.24, 2.45) is 0 Å². The van der Waals surface area contributed by atoms with Crippen LogP contribution in [-0.4, -0.2) is 36.9 Å². The third kappa shape index (κ3) is 2.92. The zero-order valence-electron chi connectivity index (χ0n) is 10.1. The molecule has 1 aliphatic heterocycles. The first-order chi connectivity index (χ1) is 8.22.